The predicted molar refractivity (Wildman–Crippen MR) is 102 cm³/mol. The number of halogens is 1. The van der Waals surface area contributed by atoms with Crippen molar-refractivity contribution in [3.63, 3.8) is 0 Å². The van der Waals surface area contributed by atoms with Gasteiger partial charge in [0.25, 0.3) is 0 Å². The van der Waals surface area contributed by atoms with E-state index in [1.807, 2.05) is 20.8 Å². The van der Waals surface area contributed by atoms with Crippen molar-refractivity contribution in [1.29, 1.82) is 0 Å². The standard InChI is InChI=1S/C18H36N2O4.ClH/c1-7-8-9-20-12(10-21)14(22)15(23)13(20)16(24)19-18(5,6)11-17(2,3)4;/h12-15,21-23H,7-11H2,1-6H3,(H,19,24);1H/t12-,13-,14-,15-;/m0./s1. The van der Waals surface area contributed by atoms with Gasteiger partial charge >= 0.3 is 0 Å². The fourth-order valence-electron chi connectivity index (χ4n) is 3.95. The van der Waals surface area contributed by atoms with E-state index in [1.165, 1.54) is 0 Å². The van der Waals surface area contributed by atoms with Crippen molar-refractivity contribution in [3.05, 3.63) is 0 Å². The summed E-state index contributed by atoms with van der Waals surface area (Å²) in [6, 6.07) is -1.43. The van der Waals surface area contributed by atoms with Crippen LogP contribution in [0.3, 0.4) is 0 Å². The van der Waals surface area contributed by atoms with Crippen LogP contribution >= 0.6 is 12.4 Å². The van der Waals surface area contributed by atoms with Crippen LogP contribution in [0.4, 0.5) is 0 Å². The highest BCUT2D eigenvalue weighted by molar-refractivity contribution is 5.85. The number of amides is 1. The molecular formula is C18H37ClN2O4. The third-order valence-electron chi connectivity index (χ3n) is 4.51. The molecule has 0 aromatic heterocycles. The van der Waals surface area contributed by atoms with Crippen molar-refractivity contribution < 1.29 is 20.1 Å². The fraction of sp³-hybridized carbons (Fsp3) is 0.944. The molecule has 0 aliphatic carbocycles. The number of likely N-dealkylation sites (tertiary alicyclic amines) is 1. The van der Waals surface area contributed by atoms with Gasteiger partial charge in [0.05, 0.1) is 18.8 Å². The molecule has 0 radical (unpaired) electrons. The van der Waals surface area contributed by atoms with Crippen molar-refractivity contribution in [2.24, 2.45) is 5.41 Å². The van der Waals surface area contributed by atoms with E-state index in [9.17, 15) is 20.1 Å². The minimum absolute atomic E-state index is 0. The zero-order valence-corrected chi connectivity index (χ0v) is 17.3. The molecule has 4 atom stereocenters. The lowest BCUT2D eigenvalue weighted by Gasteiger charge is -2.36. The first-order valence-corrected chi connectivity index (χ1v) is 8.98. The van der Waals surface area contributed by atoms with E-state index in [-0.39, 0.29) is 30.3 Å². The van der Waals surface area contributed by atoms with E-state index in [4.69, 9.17) is 0 Å². The number of aliphatic hydroxyl groups is 3. The Morgan fingerprint density at radius 2 is 1.68 bits per heavy atom. The van der Waals surface area contributed by atoms with Crippen molar-refractivity contribution >= 4 is 18.3 Å². The van der Waals surface area contributed by atoms with Gasteiger partial charge in [-0.1, -0.05) is 34.1 Å². The molecule has 0 unspecified atom stereocenters. The van der Waals surface area contributed by atoms with E-state index in [1.54, 1.807) is 4.90 Å². The average molecular weight is 381 g/mol. The molecule has 0 saturated carbocycles. The van der Waals surface area contributed by atoms with Gasteiger partial charge in [-0.05, 0) is 38.6 Å². The minimum atomic E-state index is -1.19. The zero-order valence-electron chi connectivity index (χ0n) is 16.5. The predicted octanol–water partition coefficient (Wildman–Crippen LogP) is 1.31. The largest absolute Gasteiger partial charge is 0.395 e. The Labute approximate surface area is 158 Å². The first-order chi connectivity index (χ1) is 10.9. The van der Waals surface area contributed by atoms with Crippen molar-refractivity contribution in [2.75, 3.05) is 13.2 Å². The minimum Gasteiger partial charge on any atom is -0.395 e. The Balaban J connectivity index is 0.00000576. The van der Waals surface area contributed by atoms with Crippen LogP contribution < -0.4 is 5.32 Å². The van der Waals surface area contributed by atoms with Crippen molar-refractivity contribution in [2.45, 2.75) is 90.6 Å². The van der Waals surface area contributed by atoms with Crippen LogP contribution in [0, 0.1) is 5.41 Å². The lowest BCUT2D eigenvalue weighted by Crippen LogP contribution is -2.56. The van der Waals surface area contributed by atoms with E-state index in [2.05, 4.69) is 26.1 Å². The maximum absolute atomic E-state index is 12.8. The first kappa shape index (κ1) is 24.6. The molecule has 0 aromatic carbocycles. The molecule has 25 heavy (non-hydrogen) atoms. The molecule has 1 saturated heterocycles. The maximum Gasteiger partial charge on any atom is 0.240 e. The molecule has 1 heterocycles. The van der Waals surface area contributed by atoms with Gasteiger partial charge in [-0.2, -0.15) is 0 Å². The van der Waals surface area contributed by atoms with Crippen LogP contribution in [-0.2, 0) is 4.79 Å². The topological polar surface area (TPSA) is 93.0 Å². The number of nitrogens with zero attached hydrogens (tertiary/aromatic N) is 1. The molecule has 6 nitrogen and oxygen atoms in total. The lowest BCUT2D eigenvalue weighted by molar-refractivity contribution is -0.131. The fourth-order valence-corrected chi connectivity index (χ4v) is 3.95. The number of rotatable bonds is 7. The monoisotopic (exact) mass is 380 g/mol. The summed E-state index contributed by atoms with van der Waals surface area (Å²) in [7, 11) is 0. The molecular weight excluding hydrogens is 344 g/mol. The van der Waals surface area contributed by atoms with Gasteiger partial charge < -0.3 is 20.6 Å². The molecule has 0 spiro atoms. The highest BCUT2D eigenvalue weighted by Crippen LogP contribution is 2.29. The number of carbonyl (C=O) groups excluding carboxylic acids is 1. The SMILES string of the molecule is CCCCN1[C@H](C(=O)NC(C)(C)CC(C)(C)C)[C@H](O)[C@@H](O)[C@@H]1CO.Cl. The smallest absolute Gasteiger partial charge is 0.240 e. The van der Waals surface area contributed by atoms with Crippen LogP contribution in [-0.4, -0.2) is 69.1 Å². The van der Waals surface area contributed by atoms with Crippen LogP contribution in [0.25, 0.3) is 0 Å². The summed E-state index contributed by atoms with van der Waals surface area (Å²) in [6.45, 7) is 12.6. The van der Waals surface area contributed by atoms with Gasteiger partial charge in [-0.15, -0.1) is 12.4 Å². The van der Waals surface area contributed by atoms with Gasteiger partial charge in [-0.25, -0.2) is 0 Å². The van der Waals surface area contributed by atoms with Gasteiger partial charge in [0.1, 0.15) is 12.1 Å². The number of hydrogen-bond acceptors (Lipinski definition) is 5. The molecule has 1 aliphatic heterocycles. The molecule has 1 amide bonds. The summed E-state index contributed by atoms with van der Waals surface area (Å²) in [5, 5.41) is 33.2. The number of nitrogens with one attached hydrogen (secondary N) is 1. The van der Waals surface area contributed by atoms with Crippen molar-refractivity contribution in [1.82, 2.24) is 10.2 Å². The van der Waals surface area contributed by atoms with Crippen LogP contribution in [0.2, 0.25) is 0 Å². The Morgan fingerprint density at radius 1 is 1.12 bits per heavy atom. The van der Waals surface area contributed by atoms with E-state index < -0.39 is 29.8 Å². The quantitative estimate of drug-likeness (QED) is 0.534. The van der Waals surface area contributed by atoms with E-state index >= 15 is 0 Å². The normalized spacial score (nSPS) is 27.9. The Hall–Kier alpha value is -0.400. The Kier molecular flexibility index (Phi) is 9.36. The number of hydrogen-bond donors (Lipinski definition) is 4. The summed E-state index contributed by atoms with van der Waals surface area (Å²) in [6.07, 6.45) is 0.253. The summed E-state index contributed by atoms with van der Waals surface area (Å²) in [5.74, 6) is -0.289. The number of unbranched alkanes of at least 4 members (excludes halogenated alkanes) is 1. The summed E-state index contributed by atoms with van der Waals surface area (Å²) in [5.41, 5.74) is -0.367. The molecule has 7 heteroatoms. The highest BCUT2D eigenvalue weighted by Gasteiger charge is 2.50. The van der Waals surface area contributed by atoms with E-state index in [0.29, 0.717) is 6.54 Å². The van der Waals surface area contributed by atoms with Gasteiger partial charge in [0.15, 0.2) is 0 Å². The average Bonchev–Trinajstić information content (AvgIpc) is 2.64. The molecule has 1 aliphatic rings. The number of aliphatic hydroxyl groups excluding tert-OH is 3. The van der Waals surface area contributed by atoms with Crippen molar-refractivity contribution in [3.8, 4) is 0 Å². The van der Waals surface area contributed by atoms with Gasteiger partial charge in [-0.3, -0.25) is 9.69 Å². The third kappa shape index (κ3) is 6.68. The summed E-state index contributed by atoms with van der Waals surface area (Å²) < 4.78 is 0. The Morgan fingerprint density at radius 3 is 2.12 bits per heavy atom. The van der Waals surface area contributed by atoms with Crippen LogP contribution in [0.5, 0.6) is 0 Å². The van der Waals surface area contributed by atoms with Gasteiger partial charge in [0.2, 0.25) is 5.91 Å². The molecule has 4 N–H and O–H groups in total. The summed E-state index contributed by atoms with van der Waals surface area (Å²) >= 11 is 0. The first-order valence-electron chi connectivity index (χ1n) is 8.98. The zero-order chi connectivity index (χ0) is 18.7. The second kappa shape index (κ2) is 9.51. The highest BCUT2D eigenvalue weighted by atomic mass is 35.5. The third-order valence-corrected chi connectivity index (χ3v) is 4.51. The Bertz CT molecular complexity index is 426. The maximum atomic E-state index is 12.8. The lowest BCUT2D eigenvalue weighted by atomic mass is 9.81. The second-order valence-corrected chi connectivity index (χ2v) is 8.88. The molecule has 150 valence electrons. The van der Waals surface area contributed by atoms with Gasteiger partial charge in [0, 0.05) is 5.54 Å². The van der Waals surface area contributed by atoms with Crippen LogP contribution in [0.1, 0.15) is 60.8 Å². The summed E-state index contributed by atoms with van der Waals surface area (Å²) in [4.78, 5) is 14.6. The second-order valence-electron chi connectivity index (χ2n) is 8.88. The number of carbonyl (C=O) groups is 1. The van der Waals surface area contributed by atoms with E-state index in [0.717, 1.165) is 19.3 Å². The molecule has 0 aromatic rings. The molecule has 0 bridgehead atoms. The molecule has 1 fully saturated rings. The molecule has 1 rings (SSSR count). The van der Waals surface area contributed by atoms with Crippen LogP contribution in [0.15, 0.2) is 0 Å².